The minimum atomic E-state index is -3.00. The normalized spacial score (nSPS) is 32.7. The van der Waals surface area contributed by atoms with Gasteiger partial charge in [-0.05, 0) is 23.1 Å². The Morgan fingerprint density at radius 1 is 1.65 bits per heavy atom. The van der Waals surface area contributed by atoms with Gasteiger partial charge in [0.1, 0.15) is 6.10 Å². The molecular formula is C11H9ClFN5O5. The van der Waals surface area contributed by atoms with Crippen LogP contribution in [0.25, 0.3) is 10.4 Å². The zero-order chi connectivity index (χ0) is 17.3. The Hall–Kier alpha value is -2.35. The van der Waals surface area contributed by atoms with Gasteiger partial charge in [-0.15, -0.1) is 0 Å². The second kappa shape index (κ2) is 6.04. The van der Waals surface area contributed by atoms with Crippen molar-refractivity contribution < 1.29 is 19.3 Å². The fourth-order valence-corrected chi connectivity index (χ4v) is 2.33. The number of halogens is 2. The van der Waals surface area contributed by atoms with Gasteiger partial charge in [0, 0.05) is 22.6 Å². The van der Waals surface area contributed by atoms with E-state index >= 15 is 4.39 Å². The van der Waals surface area contributed by atoms with E-state index in [4.69, 9.17) is 21.9 Å². The Bertz CT molecular complexity index is 839. The molecule has 1 aliphatic rings. The number of azide groups is 1. The number of nitrogens with one attached hydrogen (secondary N) is 1. The quantitative estimate of drug-likeness (QED) is 0.287. The van der Waals surface area contributed by atoms with Crippen molar-refractivity contribution in [1.82, 2.24) is 9.55 Å². The summed E-state index contributed by atoms with van der Waals surface area (Å²) in [7, 11) is 0. The molecule has 1 aromatic heterocycles. The first-order valence-electron chi connectivity index (χ1n) is 6.01. The topological polar surface area (TPSA) is 153 Å². The van der Waals surface area contributed by atoms with Crippen LogP contribution in [0.15, 0.2) is 27.0 Å². The Balaban J connectivity index is 2.69. The highest BCUT2D eigenvalue weighted by Gasteiger charge is 2.65. The highest BCUT2D eigenvalue weighted by atomic mass is 35.5. The number of hydrogen-bond donors (Lipinski definition) is 3. The molecule has 0 amide bonds. The molecule has 0 aromatic carbocycles. The fourth-order valence-electron chi connectivity index (χ4n) is 2.19. The number of aliphatic hydroxyl groups excluding tert-OH is 2. The number of aromatic amines is 1. The lowest BCUT2D eigenvalue weighted by atomic mass is 9.94. The van der Waals surface area contributed by atoms with Crippen molar-refractivity contribution in [3.05, 3.63) is 43.5 Å². The molecule has 2 rings (SSSR count). The van der Waals surface area contributed by atoms with Crippen LogP contribution >= 0.6 is 11.6 Å². The van der Waals surface area contributed by atoms with Crippen molar-refractivity contribution in [3.63, 3.8) is 0 Å². The molecule has 0 saturated carbocycles. The molecule has 1 aliphatic heterocycles. The largest absolute Gasteiger partial charge is 0.393 e. The maximum absolute atomic E-state index is 15.2. The number of rotatable bonds is 3. The summed E-state index contributed by atoms with van der Waals surface area (Å²) in [6, 6.07) is 0.901. The lowest BCUT2D eigenvalue weighted by Crippen LogP contribution is -2.49. The fraction of sp³-hybridized carbons (Fsp3) is 0.455. The van der Waals surface area contributed by atoms with Gasteiger partial charge in [-0.2, -0.15) is 0 Å². The lowest BCUT2D eigenvalue weighted by Gasteiger charge is -2.25. The molecule has 0 spiro atoms. The van der Waals surface area contributed by atoms with E-state index in [-0.39, 0.29) is 0 Å². The van der Waals surface area contributed by atoms with Crippen LogP contribution in [0.1, 0.15) is 6.23 Å². The second-order valence-electron chi connectivity index (χ2n) is 4.57. The zero-order valence-corrected chi connectivity index (χ0v) is 11.9. The Kier molecular flexibility index (Phi) is 4.46. The Morgan fingerprint density at radius 3 is 2.87 bits per heavy atom. The third-order valence-corrected chi connectivity index (χ3v) is 3.38. The number of aliphatic hydroxyl groups is 2. The molecule has 1 saturated heterocycles. The summed E-state index contributed by atoms with van der Waals surface area (Å²) in [5, 5.41) is 24.3. The predicted molar refractivity (Wildman–Crippen MR) is 73.9 cm³/mol. The molecule has 23 heavy (non-hydrogen) atoms. The summed E-state index contributed by atoms with van der Waals surface area (Å²) in [5.41, 5.74) is 1.30. The molecule has 12 heteroatoms. The van der Waals surface area contributed by atoms with E-state index in [1.54, 1.807) is 5.38 Å². The molecular weight excluding hydrogens is 337 g/mol. The summed E-state index contributed by atoms with van der Waals surface area (Å²) in [4.78, 5) is 27.2. The molecule has 3 N–H and O–H groups in total. The maximum atomic E-state index is 15.2. The van der Waals surface area contributed by atoms with Crippen LogP contribution in [0.3, 0.4) is 0 Å². The number of hydrogen-bond acceptors (Lipinski definition) is 6. The highest BCUT2D eigenvalue weighted by Crippen LogP contribution is 2.47. The average Bonchev–Trinajstić information content (AvgIpc) is 2.71. The number of ether oxygens (including phenoxy) is 1. The minimum Gasteiger partial charge on any atom is -0.393 e. The third-order valence-electron chi connectivity index (χ3n) is 3.28. The van der Waals surface area contributed by atoms with E-state index in [2.05, 4.69) is 10.0 Å². The lowest BCUT2D eigenvalue weighted by molar-refractivity contribution is -0.125. The van der Waals surface area contributed by atoms with Gasteiger partial charge >= 0.3 is 5.69 Å². The molecule has 122 valence electrons. The predicted octanol–water partition coefficient (Wildman–Crippen LogP) is -0.667. The van der Waals surface area contributed by atoms with Gasteiger partial charge < -0.3 is 14.9 Å². The molecule has 4 atom stereocenters. The Morgan fingerprint density at radius 2 is 2.35 bits per heavy atom. The highest BCUT2D eigenvalue weighted by molar-refractivity contribution is 6.30. The summed E-state index contributed by atoms with van der Waals surface area (Å²) in [6.07, 6.45) is -3.30. The first kappa shape index (κ1) is 17.0. The number of alkyl halides is 1. The van der Waals surface area contributed by atoms with Crippen LogP contribution in [-0.4, -0.2) is 43.9 Å². The summed E-state index contributed by atoms with van der Waals surface area (Å²) in [5.74, 6) is 1.84. The van der Waals surface area contributed by atoms with Crippen LogP contribution in [0.5, 0.6) is 0 Å². The van der Waals surface area contributed by atoms with E-state index < -0.39 is 41.6 Å². The summed E-state index contributed by atoms with van der Waals surface area (Å²) < 4.78 is 20.9. The molecule has 1 aromatic rings. The molecule has 1 fully saturated rings. The van der Waals surface area contributed by atoms with Gasteiger partial charge in [0.2, 0.25) is 11.4 Å². The van der Waals surface area contributed by atoms with Gasteiger partial charge in [0.05, 0.1) is 6.61 Å². The van der Waals surface area contributed by atoms with Gasteiger partial charge in [-0.1, -0.05) is 5.11 Å². The molecule has 0 unspecified atom stereocenters. The van der Waals surface area contributed by atoms with Crippen LogP contribution < -0.4 is 11.2 Å². The SMILES string of the molecule is [N-]=[N+]=N[C@]1(CO)O[C@@H](n2ccc(=O)[nH]c2=O)[C@@](F)(C#CCl)[C@@H]1O. The minimum absolute atomic E-state index is 0.580. The van der Waals surface area contributed by atoms with Crippen molar-refractivity contribution in [2.45, 2.75) is 23.7 Å². The van der Waals surface area contributed by atoms with E-state index in [9.17, 15) is 19.8 Å². The molecule has 10 nitrogen and oxygen atoms in total. The molecule has 0 aliphatic carbocycles. The van der Waals surface area contributed by atoms with Gasteiger partial charge in [0.25, 0.3) is 5.56 Å². The van der Waals surface area contributed by atoms with Gasteiger partial charge in [-0.25, -0.2) is 9.18 Å². The van der Waals surface area contributed by atoms with Crippen molar-refractivity contribution >= 4 is 11.6 Å². The average molecular weight is 346 g/mol. The summed E-state index contributed by atoms with van der Waals surface area (Å²) in [6.45, 7) is -1.09. The monoisotopic (exact) mass is 345 g/mol. The van der Waals surface area contributed by atoms with Crippen molar-refractivity contribution in [1.29, 1.82) is 0 Å². The number of H-pyrrole nitrogens is 1. The van der Waals surface area contributed by atoms with E-state index in [0.717, 1.165) is 12.3 Å². The van der Waals surface area contributed by atoms with Gasteiger partial charge in [0.15, 0.2) is 6.23 Å². The first-order valence-corrected chi connectivity index (χ1v) is 6.38. The first-order chi connectivity index (χ1) is 10.8. The number of aromatic nitrogens is 2. The molecule has 0 bridgehead atoms. The van der Waals surface area contributed by atoms with Crippen LogP contribution in [0.4, 0.5) is 4.39 Å². The van der Waals surface area contributed by atoms with Crippen LogP contribution in [0, 0.1) is 11.3 Å². The number of nitrogens with zero attached hydrogens (tertiary/aromatic N) is 4. The standard InChI is InChI=1S/C11H9ClFN5O5/c12-3-2-10(13)7(21)11(5-19,16-17-14)23-8(10)18-4-1-6(20)15-9(18)22/h1,4,7-8,19,21H,5H2,(H,15,20,22)/t7-,8+,10+,11+/m0/s1. The Labute approximate surface area is 131 Å². The van der Waals surface area contributed by atoms with Crippen LogP contribution in [-0.2, 0) is 4.74 Å². The smallest absolute Gasteiger partial charge is 0.330 e. The van der Waals surface area contributed by atoms with Crippen molar-refractivity contribution in [2.24, 2.45) is 5.11 Å². The maximum Gasteiger partial charge on any atom is 0.330 e. The van der Waals surface area contributed by atoms with Crippen molar-refractivity contribution in [3.8, 4) is 11.3 Å². The van der Waals surface area contributed by atoms with Gasteiger partial charge in [-0.3, -0.25) is 14.3 Å². The molecule has 0 radical (unpaired) electrons. The second-order valence-corrected chi connectivity index (χ2v) is 4.76. The third kappa shape index (κ3) is 2.59. The van der Waals surface area contributed by atoms with E-state index in [0.29, 0.717) is 4.57 Å². The zero-order valence-electron chi connectivity index (χ0n) is 11.2. The van der Waals surface area contributed by atoms with E-state index in [1.165, 1.54) is 0 Å². The summed E-state index contributed by atoms with van der Waals surface area (Å²) >= 11 is 5.19. The van der Waals surface area contributed by atoms with Crippen molar-refractivity contribution in [2.75, 3.05) is 6.61 Å². The molecule has 2 heterocycles. The van der Waals surface area contributed by atoms with Crippen LogP contribution in [0.2, 0.25) is 0 Å². The van der Waals surface area contributed by atoms with E-state index in [1.807, 2.05) is 10.9 Å².